The summed E-state index contributed by atoms with van der Waals surface area (Å²) >= 11 is 12.3. The van der Waals surface area contributed by atoms with E-state index in [1.807, 2.05) is 35.7 Å². The molecule has 0 bridgehead atoms. The number of anilines is 1. The summed E-state index contributed by atoms with van der Waals surface area (Å²) in [6.07, 6.45) is 0. The normalized spacial score (nSPS) is 10.7. The zero-order valence-electron chi connectivity index (χ0n) is 11.9. The molecule has 0 unspecified atom stereocenters. The fraction of sp³-hybridized carbons (Fsp3) is 0.0588. The molecule has 1 heterocycles. The van der Waals surface area contributed by atoms with Gasteiger partial charge in [0, 0.05) is 10.9 Å². The van der Waals surface area contributed by atoms with Gasteiger partial charge in [-0.1, -0.05) is 77.8 Å². The number of aromatic nitrogens is 1. The number of carbonyl (C=O) groups excluding carboxylic acids is 1. The molecular weight excluding hydrogens is 351 g/mol. The lowest BCUT2D eigenvalue weighted by molar-refractivity contribution is -0.114. The van der Waals surface area contributed by atoms with Gasteiger partial charge in [0.15, 0.2) is 9.97 Å². The van der Waals surface area contributed by atoms with Crippen LogP contribution in [0.5, 0.6) is 0 Å². The average Bonchev–Trinajstić information content (AvgIpc) is 3.04. The minimum atomic E-state index is -1.10. The van der Waals surface area contributed by atoms with E-state index in [9.17, 15) is 4.79 Å². The van der Waals surface area contributed by atoms with Gasteiger partial charge in [0.1, 0.15) is 0 Å². The molecule has 0 spiro atoms. The smallest absolute Gasteiger partial charge is 0.259 e. The SMILES string of the molecule is O=C(Nc1nc(-c2ccc(-c3ccccc3)cc2)cs1)C(Cl)Cl. The number of carbonyl (C=O) groups is 1. The number of nitrogens with one attached hydrogen (secondary N) is 1. The van der Waals surface area contributed by atoms with Gasteiger partial charge in [-0.05, 0) is 11.1 Å². The summed E-state index contributed by atoms with van der Waals surface area (Å²) in [5, 5.41) is 4.93. The molecule has 3 aromatic rings. The first-order chi connectivity index (χ1) is 11.1. The minimum Gasteiger partial charge on any atom is -0.300 e. The largest absolute Gasteiger partial charge is 0.300 e. The average molecular weight is 363 g/mol. The maximum atomic E-state index is 11.5. The number of halogens is 2. The summed E-state index contributed by atoms with van der Waals surface area (Å²) in [4.78, 5) is 14.7. The van der Waals surface area contributed by atoms with Crippen molar-refractivity contribution in [1.29, 1.82) is 0 Å². The maximum absolute atomic E-state index is 11.5. The van der Waals surface area contributed by atoms with Crippen LogP contribution in [0.25, 0.3) is 22.4 Å². The molecule has 0 radical (unpaired) electrons. The molecule has 0 saturated heterocycles. The van der Waals surface area contributed by atoms with Crippen molar-refractivity contribution in [2.75, 3.05) is 5.32 Å². The Bertz CT molecular complexity index is 801. The van der Waals surface area contributed by atoms with Gasteiger partial charge in [-0.3, -0.25) is 10.1 Å². The molecule has 0 aliphatic carbocycles. The van der Waals surface area contributed by atoms with Crippen LogP contribution in [0.15, 0.2) is 60.0 Å². The molecule has 116 valence electrons. The maximum Gasteiger partial charge on any atom is 0.259 e. The molecule has 3 rings (SSSR count). The zero-order valence-corrected chi connectivity index (χ0v) is 14.2. The predicted octanol–water partition coefficient (Wildman–Crippen LogP) is 5.22. The van der Waals surface area contributed by atoms with Crippen LogP contribution in [-0.2, 0) is 4.79 Å². The molecule has 3 nitrogen and oxygen atoms in total. The van der Waals surface area contributed by atoms with Crippen LogP contribution in [0.4, 0.5) is 5.13 Å². The predicted molar refractivity (Wildman–Crippen MR) is 97.1 cm³/mol. The molecule has 0 atom stereocenters. The number of thiazole rings is 1. The highest BCUT2D eigenvalue weighted by molar-refractivity contribution is 7.14. The topological polar surface area (TPSA) is 42.0 Å². The summed E-state index contributed by atoms with van der Waals surface area (Å²) in [5.74, 6) is -0.478. The van der Waals surface area contributed by atoms with Crippen molar-refractivity contribution in [3.63, 3.8) is 0 Å². The van der Waals surface area contributed by atoms with E-state index < -0.39 is 10.7 Å². The van der Waals surface area contributed by atoms with Crippen molar-refractivity contribution >= 4 is 45.6 Å². The lowest BCUT2D eigenvalue weighted by Crippen LogP contribution is -2.18. The minimum absolute atomic E-state index is 0.475. The molecule has 23 heavy (non-hydrogen) atoms. The first-order valence-corrected chi connectivity index (χ1v) is 8.59. The van der Waals surface area contributed by atoms with Crippen molar-refractivity contribution in [2.24, 2.45) is 0 Å². The molecule has 6 heteroatoms. The number of rotatable bonds is 4. The van der Waals surface area contributed by atoms with E-state index in [-0.39, 0.29) is 0 Å². The van der Waals surface area contributed by atoms with Crippen LogP contribution in [0, 0.1) is 0 Å². The quantitative estimate of drug-likeness (QED) is 0.646. The van der Waals surface area contributed by atoms with Crippen LogP contribution in [0.3, 0.4) is 0 Å². The summed E-state index contributed by atoms with van der Waals surface area (Å²) < 4.78 is 0. The Morgan fingerprint density at radius 1 is 0.957 bits per heavy atom. The van der Waals surface area contributed by atoms with E-state index >= 15 is 0 Å². The van der Waals surface area contributed by atoms with Crippen molar-refractivity contribution in [1.82, 2.24) is 4.98 Å². The monoisotopic (exact) mass is 362 g/mol. The van der Waals surface area contributed by atoms with Crippen LogP contribution < -0.4 is 5.32 Å². The Morgan fingerprint density at radius 3 is 2.22 bits per heavy atom. The van der Waals surface area contributed by atoms with E-state index in [1.54, 1.807) is 0 Å². The van der Waals surface area contributed by atoms with Crippen LogP contribution in [0.2, 0.25) is 0 Å². The van der Waals surface area contributed by atoms with Gasteiger partial charge in [0.05, 0.1) is 5.69 Å². The van der Waals surface area contributed by atoms with Gasteiger partial charge in [-0.2, -0.15) is 0 Å². The summed E-state index contributed by atoms with van der Waals surface area (Å²) in [5.41, 5.74) is 4.09. The highest BCUT2D eigenvalue weighted by Crippen LogP contribution is 2.27. The van der Waals surface area contributed by atoms with Gasteiger partial charge >= 0.3 is 0 Å². The van der Waals surface area contributed by atoms with Gasteiger partial charge in [0.2, 0.25) is 0 Å². The number of hydrogen-bond donors (Lipinski definition) is 1. The first kappa shape index (κ1) is 16.0. The third-order valence-corrected chi connectivity index (χ3v) is 4.37. The van der Waals surface area contributed by atoms with Gasteiger partial charge < -0.3 is 0 Å². The lowest BCUT2D eigenvalue weighted by Gasteiger charge is -2.03. The number of benzene rings is 2. The van der Waals surface area contributed by atoms with E-state index in [0.717, 1.165) is 16.8 Å². The lowest BCUT2D eigenvalue weighted by atomic mass is 10.0. The number of alkyl halides is 2. The van der Waals surface area contributed by atoms with E-state index in [2.05, 4.69) is 34.6 Å². The third-order valence-electron chi connectivity index (χ3n) is 3.22. The Kier molecular flexibility index (Phi) is 4.96. The highest BCUT2D eigenvalue weighted by Gasteiger charge is 2.13. The van der Waals surface area contributed by atoms with Crippen LogP contribution in [-0.4, -0.2) is 15.7 Å². The standard InChI is InChI=1S/C17H12Cl2N2OS/c18-15(19)16(22)21-17-20-14(10-23-17)13-8-6-12(7-9-13)11-4-2-1-3-5-11/h1-10,15H,(H,20,21,22). The van der Waals surface area contributed by atoms with E-state index in [0.29, 0.717) is 5.13 Å². The summed E-state index contributed by atoms with van der Waals surface area (Å²) in [6, 6.07) is 18.3. The Labute approximate surface area is 147 Å². The van der Waals surface area contributed by atoms with Crippen molar-refractivity contribution in [3.05, 3.63) is 60.0 Å². The van der Waals surface area contributed by atoms with Crippen molar-refractivity contribution < 1.29 is 4.79 Å². The van der Waals surface area contributed by atoms with Crippen LogP contribution in [0.1, 0.15) is 0 Å². The second-order valence-corrected chi connectivity index (χ2v) is 6.73. The number of nitrogens with zero attached hydrogens (tertiary/aromatic N) is 1. The van der Waals surface area contributed by atoms with Crippen molar-refractivity contribution in [3.8, 4) is 22.4 Å². The van der Waals surface area contributed by atoms with Crippen LogP contribution >= 0.6 is 34.5 Å². The summed E-state index contributed by atoms with van der Waals surface area (Å²) in [6.45, 7) is 0. The molecule has 0 fully saturated rings. The molecule has 1 amide bonds. The van der Waals surface area contributed by atoms with Crippen molar-refractivity contribution in [2.45, 2.75) is 4.84 Å². The highest BCUT2D eigenvalue weighted by atomic mass is 35.5. The Morgan fingerprint density at radius 2 is 1.57 bits per heavy atom. The second kappa shape index (κ2) is 7.13. The zero-order chi connectivity index (χ0) is 16.2. The Balaban J connectivity index is 1.78. The number of hydrogen-bond acceptors (Lipinski definition) is 3. The van der Waals surface area contributed by atoms with E-state index in [4.69, 9.17) is 23.2 Å². The van der Waals surface area contributed by atoms with Gasteiger partial charge in [-0.25, -0.2) is 4.98 Å². The van der Waals surface area contributed by atoms with Gasteiger partial charge in [0.25, 0.3) is 5.91 Å². The molecular formula is C17H12Cl2N2OS. The fourth-order valence-corrected chi connectivity index (χ4v) is 2.92. The third kappa shape index (κ3) is 3.91. The summed E-state index contributed by atoms with van der Waals surface area (Å²) in [7, 11) is 0. The molecule has 0 aliphatic heterocycles. The Hall–Kier alpha value is -1.88. The van der Waals surface area contributed by atoms with E-state index in [1.165, 1.54) is 16.9 Å². The molecule has 1 N–H and O–H groups in total. The molecule has 0 saturated carbocycles. The second-order valence-electron chi connectivity index (χ2n) is 4.77. The number of amides is 1. The fourth-order valence-electron chi connectivity index (χ4n) is 2.09. The molecule has 2 aromatic carbocycles. The van der Waals surface area contributed by atoms with Gasteiger partial charge in [-0.15, -0.1) is 11.3 Å². The first-order valence-electron chi connectivity index (χ1n) is 6.84. The molecule has 0 aliphatic rings. The molecule has 1 aromatic heterocycles.